The molecule has 0 fully saturated rings. The zero-order chi connectivity index (χ0) is 18.4. The van der Waals surface area contributed by atoms with Crippen LogP contribution in [0.15, 0.2) is 59.6 Å². The molecule has 0 bridgehead atoms. The summed E-state index contributed by atoms with van der Waals surface area (Å²) in [6, 6.07) is 12.0. The monoisotopic (exact) mass is 358 g/mol. The number of aryl methyl sites for hydroxylation is 2. The van der Waals surface area contributed by atoms with Crippen molar-refractivity contribution in [3.8, 4) is 11.3 Å². The molecule has 1 aliphatic carbocycles. The first-order chi connectivity index (χ1) is 13.2. The maximum Gasteiger partial charge on any atom is 0.270 e. The highest BCUT2D eigenvalue weighted by Crippen LogP contribution is 2.34. The van der Waals surface area contributed by atoms with Gasteiger partial charge in [-0.25, -0.2) is 4.98 Å². The summed E-state index contributed by atoms with van der Waals surface area (Å²) in [5.41, 5.74) is 6.69. The minimum absolute atomic E-state index is 0.00854. The van der Waals surface area contributed by atoms with Gasteiger partial charge in [0.15, 0.2) is 0 Å². The Labute approximate surface area is 155 Å². The molecule has 1 aliphatic rings. The Kier molecular flexibility index (Phi) is 3.57. The molecule has 6 heteroatoms. The SMILES string of the molecule is Cc1ccc2ncc(C(=O)N[C@@H]3CCc4cc(-c5ccon5)ccc43)n2c1. The van der Waals surface area contributed by atoms with Crippen LogP contribution in [0.2, 0.25) is 0 Å². The normalized spacial score (nSPS) is 15.8. The number of hydrogen-bond donors (Lipinski definition) is 1. The van der Waals surface area contributed by atoms with E-state index in [1.54, 1.807) is 12.5 Å². The molecule has 0 unspecified atom stereocenters. The highest BCUT2D eigenvalue weighted by Gasteiger charge is 2.26. The number of pyridine rings is 1. The third kappa shape index (κ3) is 2.70. The van der Waals surface area contributed by atoms with Gasteiger partial charge >= 0.3 is 0 Å². The maximum atomic E-state index is 12.9. The molecule has 0 saturated heterocycles. The number of fused-ring (bicyclic) bond motifs is 2. The van der Waals surface area contributed by atoms with Crippen LogP contribution < -0.4 is 5.32 Å². The highest BCUT2D eigenvalue weighted by atomic mass is 16.5. The van der Waals surface area contributed by atoms with Gasteiger partial charge in [0.2, 0.25) is 0 Å². The van der Waals surface area contributed by atoms with Crippen LogP contribution in [-0.2, 0) is 6.42 Å². The van der Waals surface area contributed by atoms with Crippen molar-refractivity contribution < 1.29 is 9.32 Å². The van der Waals surface area contributed by atoms with Crippen LogP contribution in [0.5, 0.6) is 0 Å². The molecule has 0 radical (unpaired) electrons. The van der Waals surface area contributed by atoms with Gasteiger partial charge < -0.3 is 9.84 Å². The van der Waals surface area contributed by atoms with Gasteiger partial charge in [-0.1, -0.05) is 23.4 Å². The number of imidazole rings is 1. The van der Waals surface area contributed by atoms with E-state index in [0.29, 0.717) is 5.69 Å². The van der Waals surface area contributed by atoms with Crippen LogP contribution >= 0.6 is 0 Å². The summed E-state index contributed by atoms with van der Waals surface area (Å²) in [4.78, 5) is 17.2. The van der Waals surface area contributed by atoms with Gasteiger partial charge in [-0.3, -0.25) is 9.20 Å². The van der Waals surface area contributed by atoms with E-state index < -0.39 is 0 Å². The number of carbonyl (C=O) groups excluding carboxylic acids is 1. The summed E-state index contributed by atoms with van der Waals surface area (Å²) in [6.07, 6.45) is 6.96. The predicted octanol–water partition coefficient (Wildman–Crippen LogP) is 3.72. The van der Waals surface area contributed by atoms with Crippen molar-refractivity contribution in [2.45, 2.75) is 25.8 Å². The fourth-order valence-corrected chi connectivity index (χ4v) is 3.78. The van der Waals surface area contributed by atoms with Crippen molar-refractivity contribution in [2.24, 2.45) is 0 Å². The fraction of sp³-hybridized carbons (Fsp3) is 0.190. The first kappa shape index (κ1) is 15.8. The van der Waals surface area contributed by atoms with Gasteiger partial charge in [0.1, 0.15) is 23.3 Å². The first-order valence-corrected chi connectivity index (χ1v) is 8.97. The molecule has 5 rings (SSSR count). The second-order valence-electron chi connectivity index (χ2n) is 6.94. The van der Waals surface area contributed by atoms with Gasteiger partial charge in [-0.15, -0.1) is 0 Å². The van der Waals surface area contributed by atoms with Crippen LogP contribution in [0.4, 0.5) is 0 Å². The Morgan fingerprint density at radius 1 is 1.26 bits per heavy atom. The number of carbonyl (C=O) groups is 1. The molecule has 6 nitrogen and oxygen atoms in total. The molecule has 1 atom stereocenters. The van der Waals surface area contributed by atoms with E-state index in [0.717, 1.165) is 35.3 Å². The summed E-state index contributed by atoms with van der Waals surface area (Å²) < 4.78 is 6.77. The van der Waals surface area contributed by atoms with Crippen molar-refractivity contribution >= 4 is 11.6 Å². The predicted molar refractivity (Wildman–Crippen MR) is 100 cm³/mol. The summed E-state index contributed by atoms with van der Waals surface area (Å²) in [5.74, 6) is -0.105. The van der Waals surface area contributed by atoms with Gasteiger partial charge in [0, 0.05) is 17.8 Å². The van der Waals surface area contributed by atoms with Crippen molar-refractivity contribution in [3.63, 3.8) is 0 Å². The van der Waals surface area contributed by atoms with Crippen LogP contribution in [0.3, 0.4) is 0 Å². The van der Waals surface area contributed by atoms with Gasteiger partial charge in [0.05, 0.1) is 12.2 Å². The molecular formula is C21H18N4O2. The quantitative estimate of drug-likeness (QED) is 0.606. The van der Waals surface area contributed by atoms with E-state index in [9.17, 15) is 4.79 Å². The van der Waals surface area contributed by atoms with Crippen molar-refractivity contribution in [3.05, 3.63) is 77.4 Å². The summed E-state index contributed by atoms with van der Waals surface area (Å²) in [6.45, 7) is 2.00. The molecule has 1 amide bonds. The molecule has 1 aromatic carbocycles. The maximum absolute atomic E-state index is 12.9. The lowest BCUT2D eigenvalue weighted by Crippen LogP contribution is -2.28. The van der Waals surface area contributed by atoms with Crippen molar-refractivity contribution in [1.82, 2.24) is 19.9 Å². The average molecular weight is 358 g/mol. The topological polar surface area (TPSA) is 72.4 Å². The number of hydrogen-bond acceptors (Lipinski definition) is 4. The Hall–Kier alpha value is -3.41. The van der Waals surface area contributed by atoms with E-state index in [1.807, 2.05) is 41.8 Å². The lowest BCUT2D eigenvalue weighted by Gasteiger charge is -2.14. The van der Waals surface area contributed by atoms with Crippen LogP contribution in [0.1, 0.15) is 39.6 Å². The van der Waals surface area contributed by atoms with Crippen LogP contribution in [-0.4, -0.2) is 20.4 Å². The summed E-state index contributed by atoms with van der Waals surface area (Å²) in [5, 5.41) is 7.16. The Balaban J connectivity index is 1.41. The van der Waals surface area contributed by atoms with Crippen molar-refractivity contribution in [2.75, 3.05) is 0 Å². The molecule has 0 spiro atoms. The van der Waals surface area contributed by atoms with Crippen LogP contribution in [0, 0.1) is 6.92 Å². The molecular weight excluding hydrogens is 340 g/mol. The van der Waals surface area contributed by atoms with Gasteiger partial charge in [0.25, 0.3) is 5.91 Å². The molecule has 0 aliphatic heterocycles. The minimum atomic E-state index is -0.105. The summed E-state index contributed by atoms with van der Waals surface area (Å²) >= 11 is 0. The smallest absolute Gasteiger partial charge is 0.270 e. The average Bonchev–Trinajstić information content (AvgIpc) is 3.41. The molecule has 27 heavy (non-hydrogen) atoms. The first-order valence-electron chi connectivity index (χ1n) is 8.97. The number of amides is 1. The van der Waals surface area contributed by atoms with Crippen molar-refractivity contribution in [1.29, 1.82) is 0 Å². The Bertz CT molecular complexity index is 1140. The van der Waals surface area contributed by atoms with E-state index in [1.165, 1.54) is 11.1 Å². The zero-order valence-corrected chi connectivity index (χ0v) is 14.8. The second kappa shape index (κ2) is 6.09. The summed E-state index contributed by atoms with van der Waals surface area (Å²) in [7, 11) is 0. The lowest BCUT2D eigenvalue weighted by atomic mass is 10.0. The third-order valence-electron chi connectivity index (χ3n) is 5.15. The molecule has 4 aromatic rings. The molecule has 134 valence electrons. The van der Waals surface area contributed by atoms with E-state index in [4.69, 9.17) is 4.52 Å². The van der Waals surface area contributed by atoms with E-state index in [-0.39, 0.29) is 11.9 Å². The molecule has 0 saturated carbocycles. The van der Waals surface area contributed by atoms with E-state index >= 15 is 0 Å². The fourth-order valence-electron chi connectivity index (χ4n) is 3.78. The highest BCUT2D eigenvalue weighted by molar-refractivity contribution is 5.93. The Morgan fingerprint density at radius 2 is 2.19 bits per heavy atom. The molecule has 1 N–H and O–H groups in total. The van der Waals surface area contributed by atoms with E-state index in [2.05, 4.69) is 27.6 Å². The second-order valence-corrected chi connectivity index (χ2v) is 6.94. The third-order valence-corrected chi connectivity index (χ3v) is 5.15. The molecule has 3 aromatic heterocycles. The lowest BCUT2D eigenvalue weighted by molar-refractivity contribution is 0.0931. The van der Waals surface area contributed by atoms with Gasteiger partial charge in [-0.2, -0.15) is 0 Å². The number of nitrogens with one attached hydrogen (secondary N) is 1. The number of rotatable bonds is 3. The molecule has 3 heterocycles. The largest absolute Gasteiger partial charge is 0.364 e. The number of nitrogens with zero attached hydrogens (tertiary/aromatic N) is 3. The Morgan fingerprint density at radius 3 is 3.04 bits per heavy atom. The zero-order valence-electron chi connectivity index (χ0n) is 14.8. The number of aromatic nitrogens is 3. The number of benzene rings is 1. The standard InChI is InChI=1S/C21H18N4O2/c1-13-2-7-20-22-11-19(25(20)12-13)21(26)23-18-6-4-14-10-15(3-5-16(14)18)17-8-9-27-24-17/h2-3,5,7-12,18H,4,6H2,1H3,(H,23,26)/t18-/m1/s1. The van der Waals surface area contributed by atoms with Gasteiger partial charge in [-0.05, 0) is 48.6 Å². The van der Waals surface area contributed by atoms with Crippen LogP contribution in [0.25, 0.3) is 16.9 Å². The minimum Gasteiger partial charge on any atom is -0.364 e.